The average Bonchev–Trinajstić information content (AvgIpc) is 3.26. The van der Waals surface area contributed by atoms with Crippen LogP contribution >= 0.6 is 0 Å². The summed E-state index contributed by atoms with van der Waals surface area (Å²) in [5.41, 5.74) is 0. The molecule has 1 atom stereocenters. The minimum Gasteiger partial charge on any atom is -0.462 e. The van der Waals surface area contributed by atoms with Gasteiger partial charge in [0.2, 0.25) is 0 Å². The number of esters is 3. The SMILES string of the molecule is CC/C=C\C/C=C\C/C=C\C/C=C\C/C=C\CCCCCCCCCCCCCCCC(=O)OCC(COC(=O)CCCCCCC)OC(=O)CCCCCCCCCCC. The molecule has 0 saturated heterocycles. The van der Waals surface area contributed by atoms with E-state index in [9.17, 15) is 14.4 Å². The third-order valence-electron chi connectivity index (χ3n) is 11.0. The number of ether oxygens (including phenoxy) is 3. The highest BCUT2D eigenvalue weighted by Gasteiger charge is 2.19. The minimum absolute atomic E-state index is 0.0722. The molecule has 0 fully saturated rings. The Morgan fingerprint density at radius 2 is 0.639 bits per heavy atom. The quantitative estimate of drug-likeness (QED) is 0.0263. The predicted molar refractivity (Wildman–Crippen MR) is 261 cm³/mol. The van der Waals surface area contributed by atoms with Crippen LogP contribution in [0.3, 0.4) is 0 Å². The van der Waals surface area contributed by atoms with Gasteiger partial charge in [-0.3, -0.25) is 14.4 Å². The molecule has 0 radical (unpaired) electrons. The fourth-order valence-corrected chi connectivity index (χ4v) is 7.17. The summed E-state index contributed by atoms with van der Waals surface area (Å²) in [4.78, 5) is 37.5. The lowest BCUT2D eigenvalue weighted by Crippen LogP contribution is -2.30. The van der Waals surface area contributed by atoms with Gasteiger partial charge in [0.1, 0.15) is 13.2 Å². The predicted octanol–water partition coefficient (Wildman–Crippen LogP) is 16.9. The van der Waals surface area contributed by atoms with Crippen LogP contribution in [0, 0.1) is 0 Å². The lowest BCUT2D eigenvalue weighted by Gasteiger charge is -2.18. The maximum Gasteiger partial charge on any atom is 0.306 e. The molecule has 1 unspecified atom stereocenters. The van der Waals surface area contributed by atoms with Crippen LogP contribution in [0.15, 0.2) is 60.8 Å². The Bertz CT molecular complexity index is 1120. The van der Waals surface area contributed by atoms with Gasteiger partial charge in [-0.2, -0.15) is 0 Å². The number of rotatable bonds is 46. The standard InChI is InChI=1S/C55H96O6/c1-4-7-10-13-15-17-18-19-20-21-22-23-24-25-26-27-28-29-30-31-32-33-34-35-36-38-39-42-45-48-54(57)60-51-52(50-59-53(56)47-44-41-12-9-6-3)61-55(58)49-46-43-40-37-16-14-11-8-5-2/h7,10,15,17,19-20,22-23,25-26,52H,4-6,8-9,11-14,16,18,21,24,27-51H2,1-3H3/b10-7-,17-15-,20-19-,23-22-,26-25-. The molecule has 0 heterocycles. The molecule has 0 aromatic rings. The summed E-state index contributed by atoms with van der Waals surface area (Å²) in [6, 6.07) is 0. The number of hydrogen-bond acceptors (Lipinski definition) is 6. The highest BCUT2D eigenvalue weighted by molar-refractivity contribution is 5.71. The Hall–Kier alpha value is -2.89. The van der Waals surface area contributed by atoms with Crippen LogP contribution in [0.5, 0.6) is 0 Å². The Morgan fingerprint density at radius 3 is 1.00 bits per heavy atom. The summed E-state index contributed by atoms with van der Waals surface area (Å²) in [5, 5.41) is 0. The Kier molecular flexibility index (Phi) is 47.4. The van der Waals surface area contributed by atoms with Crippen LogP contribution in [0.2, 0.25) is 0 Å². The van der Waals surface area contributed by atoms with Crippen LogP contribution in [0.1, 0.15) is 252 Å². The van der Waals surface area contributed by atoms with Crippen LogP contribution < -0.4 is 0 Å². The molecule has 0 amide bonds. The van der Waals surface area contributed by atoms with E-state index in [1.807, 2.05) is 0 Å². The van der Waals surface area contributed by atoms with Gasteiger partial charge < -0.3 is 14.2 Å². The molecule has 0 aliphatic rings. The molecular weight excluding hydrogens is 757 g/mol. The van der Waals surface area contributed by atoms with Crippen molar-refractivity contribution in [3.8, 4) is 0 Å². The fraction of sp³-hybridized carbons (Fsp3) is 0.764. The van der Waals surface area contributed by atoms with Crippen molar-refractivity contribution in [2.75, 3.05) is 13.2 Å². The summed E-state index contributed by atoms with van der Waals surface area (Å²) in [6.45, 7) is 6.42. The summed E-state index contributed by atoms with van der Waals surface area (Å²) in [7, 11) is 0. The van der Waals surface area contributed by atoms with Gasteiger partial charge in [-0.1, -0.05) is 229 Å². The second-order valence-electron chi connectivity index (χ2n) is 17.1. The van der Waals surface area contributed by atoms with E-state index in [-0.39, 0.29) is 31.1 Å². The number of unbranched alkanes of at least 4 members (excludes halogenated alkanes) is 25. The van der Waals surface area contributed by atoms with Crippen LogP contribution in [-0.4, -0.2) is 37.2 Å². The van der Waals surface area contributed by atoms with E-state index < -0.39 is 6.10 Å². The van der Waals surface area contributed by atoms with Crippen molar-refractivity contribution in [2.45, 2.75) is 258 Å². The second-order valence-corrected chi connectivity index (χ2v) is 17.1. The van der Waals surface area contributed by atoms with Crippen LogP contribution in [-0.2, 0) is 28.6 Å². The molecule has 0 rings (SSSR count). The van der Waals surface area contributed by atoms with Crippen molar-refractivity contribution in [3.63, 3.8) is 0 Å². The Labute approximate surface area is 377 Å². The zero-order valence-corrected chi connectivity index (χ0v) is 40.2. The van der Waals surface area contributed by atoms with Gasteiger partial charge in [0.15, 0.2) is 6.10 Å². The van der Waals surface area contributed by atoms with E-state index in [0.717, 1.165) is 96.3 Å². The molecular formula is C55H96O6. The second kappa shape index (κ2) is 49.8. The lowest BCUT2D eigenvalue weighted by atomic mass is 10.0. The highest BCUT2D eigenvalue weighted by atomic mass is 16.6. The average molecular weight is 853 g/mol. The molecule has 61 heavy (non-hydrogen) atoms. The lowest BCUT2D eigenvalue weighted by molar-refractivity contribution is -0.167. The summed E-state index contributed by atoms with van der Waals surface area (Å²) < 4.78 is 16.6. The van der Waals surface area contributed by atoms with Crippen molar-refractivity contribution in [2.24, 2.45) is 0 Å². The first-order valence-electron chi connectivity index (χ1n) is 25.8. The van der Waals surface area contributed by atoms with Crippen molar-refractivity contribution in [1.82, 2.24) is 0 Å². The van der Waals surface area contributed by atoms with Crippen molar-refractivity contribution >= 4 is 17.9 Å². The van der Waals surface area contributed by atoms with Crippen molar-refractivity contribution in [3.05, 3.63) is 60.8 Å². The third kappa shape index (κ3) is 48.0. The first-order chi connectivity index (χ1) is 30.0. The van der Waals surface area contributed by atoms with Crippen LogP contribution in [0.25, 0.3) is 0 Å². The zero-order valence-electron chi connectivity index (χ0n) is 40.2. The van der Waals surface area contributed by atoms with Gasteiger partial charge in [0.05, 0.1) is 0 Å². The largest absolute Gasteiger partial charge is 0.462 e. The van der Waals surface area contributed by atoms with Gasteiger partial charge in [0, 0.05) is 19.3 Å². The maximum absolute atomic E-state index is 12.6. The van der Waals surface area contributed by atoms with Crippen molar-refractivity contribution < 1.29 is 28.6 Å². The molecule has 0 N–H and O–H groups in total. The molecule has 0 aliphatic heterocycles. The van der Waals surface area contributed by atoms with Gasteiger partial charge >= 0.3 is 17.9 Å². The van der Waals surface area contributed by atoms with E-state index in [1.54, 1.807) is 0 Å². The molecule has 0 aromatic heterocycles. The molecule has 6 nitrogen and oxygen atoms in total. The van der Waals surface area contributed by atoms with E-state index in [2.05, 4.69) is 81.5 Å². The van der Waals surface area contributed by atoms with E-state index in [0.29, 0.717) is 19.3 Å². The molecule has 0 aromatic carbocycles. The van der Waals surface area contributed by atoms with Gasteiger partial charge in [0.25, 0.3) is 0 Å². The summed E-state index contributed by atoms with van der Waals surface area (Å²) in [6.07, 6.45) is 61.2. The molecule has 0 bridgehead atoms. The Balaban J connectivity index is 3.95. The van der Waals surface area contributed by atoms with E-state index in [1.165, 1.54) is 116 Å². The summed E-state index contributed by atoms with van der Waals surface area (Å²) in [5.74, 6) is -0.887. The Morgan fingerprint density at radius 1 is 0.344 bits per heavy atom. The first-order valence-corrected chi connectivity index (χ1v) is 25.8. The number of carbonyl (C=O) groups is 3. The maximum atomic E-state index is 12.6. The van der Waals surface area contributed by atoms with Gasteiger partial charge in [-0.05, 0) is 64.2 Å². The molecule has 0 saturated carbocycles. The van der Waals surface area contributed by atoms with Crippen LogP contribution in [0.4, 0.5) is 0 Å². The third-order valence-corrected chi connectivity index (χ3v) is 11.0. The molecule has 0 spiro atoms. The molecule has 352 valence electrons. The van der Waals surface area contributed by atoms with Crippen molar-refractivity contribution in [1.29, 1.82) is 0 Å². The topological polar surface area (TPSA) is 78.9 Å². The monoisotopic (exact) mass is 853 g/mol. The highest BCUT2D eigenvalue weighted by Crippen LogP contribution is 2.15. The molecule has 6 heteroatoms. The zero-order chi connectivity index (χ0) is 44.4. The van der Waals surface area contributed by atoms with Gasteiger partial charge in [-0.15, -0.1) is 0 Å². The van der Waals surface area contributed by atoms with Gasteiger partial charge in [-0.25, -0.2) is 0 Å². The number of hydrogen-bond donors (Lipinski definition) is 0. The van der Waals surface area contributed by atoms with E-state index >= 15 is 0 Å². The first kappa shape index (κ1) is 58.1. The normalized spacial score (nSPS) is 12.5. The van der Waals surface area contributed by atoms with E-state index in [4.69, 9.17) is 14.2 Å². The fourth-order valence-electron chi connectivity index (χ4n) is 7.17. The summed E-state index contributed by atoms with van der Waals surface area (Å²) >= 11 is 0. The molecule has 0 aliphatic carbocycles. The number of allylic oxidation sites excluding steroid dienone is 10. The minimum atomic E-state index is -0.765. The smallest absolute Gasteiger partial charge is 0.306 e. The number of carbonyl (C=O) groups excluding carboxylic acids is 3.